The average molecular weight is 164 g/mol. The Kier molecular flexibility index (Phi) is 2.83. The molecule has 0 aromatic heterocycles. The van der Waals surface area contributed by atoms with E-state index in [1.807, 2.05) is 0 Å². The Morgan fingerprint density at radius 1 is 1.60 bits per heavy atom. The van der Waals surface area contributed by atoms with E-state index in [4.69, 9.17) is 5.73 Å². The molecule has 1 amide bonds. The lowest BCUT2D eigenvalue weighted by molar-refractivity contribution is -0.117. The highest BCUT2D eigenvalue weighted by molar-refractivity contribution is 7.94. The third kappa shape index (κ3) is 1.98. The van der Waals surface area contributed by atoms with Gasteiger partial charge in [-0.1, -0.05) is 0 Å². The van der Waals surface area contributed by atoms with E-state index in [9.17, 15) is 13.2 Å². The molecule has 1 atom stereocenters. The summed E-state index contributed by atoms with van der Waals surface area (Å²) in [6, 6.07) is 0. The van der Waals surface area contributed by atoms with Crippen LogP contribution in [0.3, 0.4) is 0 Å². The smallest absolute Gasteiger partial charge is 0.235 e. The maximum Gasteiger partial charge on any atom is 0.235 e. The van der Waals surface area contributed by atoms with Gasteiger partial charge in [-0.05, 0) is 13.8 Å². The van der Waals surface area contributed by atoms with Crippen LogP contribution >= 0.6 is 0 Å². The van der Waals surface area contributed by atoms with Crippen LogP contribution in [0.1, 0.15) is 13.8 Å². The molecule has 10 heavy (non-hydrogen) atoms. The summed E-state index contributed by atoms with van der Waals surface area (Å²) >= 11 is 0. The quantitative estimate of drug-likeness (QED) is 0.608. The molecule has 0 aromatic carbocycles. The van der Waals surface area contributed by atoms with E-state index in [1.54, 1.807) is 0 Å². The van der Waals surface area contributed by atoms with Crippen molar-refractivity contribution in [2.45, 2.75) is 19.1 Å². The zero-order valence-electron chi connectivity index (χ0n) is 5.87. The summed E-state index contributed by atoms with van der Waals surface area (Å²) in [7, 11) is -3.40. The van der Waals surface area contributed by atoms with Gasteiger partial charge in [0.15, 0.2) is 9.84 Å². The first kappa shape index (κ1) is 9.42. The van der Waals surface area contributed by atoms with Crippen molar-refractivity contribution in [1.82, 2.24) is 0 Å². The number of rotatable bonds is 3. The third-order valence-electron chi connectivity index (χ3n) is 1.22. The molecular weight excluding hydrogens is 154 g/mol. The summed E-state index contributed by atoms with van der Waals surface area (Å²) in [5, 5.41) is -1.11. The van der Waals surface area contributed by atoms with Crippen LogP contribution in [0.4, 0.5) is 0 Å². The first-order chi connectivity index (χ1) is 4.41. The molecule has 0 saturated carbocycles. The van der Waals surface area contributed by atoms with Crippen molar-refractivity contribution in [2.75, 3.05) is 0 Å². The lowest BCUT2D eigenvalue weighted by Crippen LogP contribution is -2.32. The topological polar surface area (TPSA) is 77.2 Å². The summed E-state index contributed by atoms with van der Waals surface area (Å²) in [6.07, 6.45) is 0. The highest BCUT2D eigenvalue weighted by Gasteiger charge is 2.23. The van der Waals surface area contributed by atoms with E-state index in [0.717, 1.165) is 5.75 Å². The predicted octanol–water partition coefficient (Wildman–Crippen LogP) is -0.543. The van der Waals surface area contributed by atoms with Crippen LogP contribution in [-0.4, -0.2) is 19.6 Å². The summed E-state index contributed by atoms with van der Waals surface area (Å²) in [5.41, 5.74) is 4.76. The molecule has 0 aromatic rings. The Labute approximate surface area is 60.3 Å². The van der Waals surface area contributed by atoms with Crippen LogP contribution in [0.5, 0.6) is 0 Å². The first-order valence-electron chi connectivity index (χ1n) is 2.74. The molecule has 2 N–H and O–H groups in total. The Morgan fingerprint density at radius 2 is 2.00 bits per heavy atom. The second-order valence-corrected chi connectivity index (χ2v) is 4.23. The molecule has 4 nitrogen and oxygen atoms in total. The van der Waals surface area contributed by atoms with Crippen molar-refractivity contribution >= 4 is 15.7 Å². The van der Waals surface area contributed by atoms with Crippen LogP contribution in [-0.2, 0) is 14.6 Å². The zero-order chi connectivity index (χ0) is 8.36. The maximum absolute atomic E-state index is 10.8. The molecule has 1 unspecified atom stereocenters. The Bertz CT molecular complexity index is 219. The van der Waals surface area contributed by atoms with Crippen LogP contribution in [0, 0.1) is 5.75 Å². The van der Waals surface area contributed by atoms with Gasteiger partial charge in [-0.2, -0.15) is 0 Å². The molecule has 0 fully saturated rings. The number of hydrogen-bond donors (Lipinski definition) is 1. The molecule has 0 aliphatic carbocycles. The molecule has 0 spiro atoms. The summed E-state index contributed by atoms with van der Waals surface area (Å²) in [6.45, 7) is 2.62. The zero-order valence-corrected chi connectivity index (χ0v) is 6.68. The minimum atomic E-state index is -3.40. The van der Waals surface area contributed by atoms with Gasteiger partial charge in [0.2, 0.25) is 5.91 Å². The first-order valence-corrected chi connectivity index (χ1v) is 4.35. The molecule has 0 bridgehead atoms. The molecule has 0 rings (SSSR count). The average Bonchev–Trinajstić information content (AvgIpc) is 1.86. The van der Waals surface area contributed by atoms with Gasteiger partial charge in [-0.15, -0.1) is 0 Å². The minimum absolute atomic E-state index is 0.821. The molecular formula is C5H10NO3S. The minimum Gasteiger partial charge on any atom is -0.369 e. The standard InChI is InChI=1S/C5H10NO3S/c1-3-10(8,9)4(2)5(6)7/h3-4H,1-2H3,(H2,6,7). The Morgan fingerprint density at radius 3 is 2.10 bits per heavy atom. The van der Waals surface area contributed by atoms with Crippen molar-refractivity contribution in [1.29, 1.82) is 0 Å². The van der Waals surface area contributed by atoms with Crippen molar-refractivity contribution in [3.05, 3.63) is 5.75 Å². The Hall–Kier alpha value is -0.580. The molecule has 0 aliphatic heterocycles. The number of carbonyl (C=O) groups excluding carboxylic acids is 1. The highest BCUT2D eigenvalue weighted by atomic mass is 32.2. The summed E-state index contributed by atoms with van der Waals surface area (Å²) < 4.78 is 21.6. The second kappa shape index (κ2) is 3.01. The SMILES string of the molecule is C[CH]S(=O)(=O)C(C)C(N)=O. The number of hydrogen-bond acceptors (Lipinski definition) is 3. The fourth-order valence-electron chi connectivity index (χ4n) is 0.366. The summed E-state index contributed by atoms with van der Waals surface area (Å²) in [5.74, 6) is 0.153. The largest absolute Gasteiger partial charge is 0.369 e. The van der Waals surface area contributed by atoms with Gasteiger partial charge in [-0.3, -0.25) is 4.79 Å². The summed E-state index contributed by atoms with van der Waals surface area (Å²) in [4.78, 5) is 10.3. The number of amides is 1. The molecule has 5 heteroatoms. The number of nitrogens with two attached hydrogens (primary N) is 1. The van der Waals surface area contributed by atoms with Crippen LogP contribution in [0.25, 0.3) is 0 Å². The second-order valence-electron chi connectivity index (χ2n) is 1.87. The number of carbonyl (C=O) groups is 1. The van der Waals surface area contributed by atoms with Gasteiger partial charge in [0.05, 0.1) is 5.75 Å². The van der Waals surface area contributed by atoms with Crippen LogP contribution in [0.15, 0.2) is 0 Å². The third-order valence-corrected chi connectivity index (χ3v) is 3.10. The molecule has 0 heterocycles. The van der Waals surface area contributed by atoms with E-state index >= 15 is 0 Å². The lowest BCUT2D eigenvalue weighted by Gasteiger charge is -2.04. The maximum atomic E-state index is 10.8. The van der Waals surface area contributed by atoms with Crippen molar-refractivity contribution in [3.8, 4) is 0 Å². The highest BCUT2D eigenvalue weighted by Crippen LogP contribution is 2.03. The number of primary amides is 1. The van der Waals surface area contributed by atoms with Crippen molar-refractivity contribution in [2.24, 2.45) is 5.73 Å². The fourth-order valence-corrected chi connectivity index (χ4v) is 1.10. The normalized spacial score (nSPS) is 14.6. The van der Waals surface area contributed by atoms with Crippen LogP contribution in [0.2, 0.25) is 0 Å². The van der Waals surface area contributed by atoms with Gasteiger partial charge in [0.25, 0.3) is 0 Å². The van der Waals surface area contributed by atoms with Gasteiger partial charge in [-0.25, -0.2) is 8.42 Å². The molecule has 0 aliphatic rings. The fraction of sp³-hybridized carbons (Fsp3) is 0.600. The van der Waals surface area contributed by atoms with Crippen LogP contribution < -0.4 is 5.73 Å². The van der Waals surface area contributed by atoms with E-state index < -0.39 is 21.0 Å². The lowest BCUT2D eigenvalue weighted by atomic mass is 10.5. The van der Waals surface area contributed by atoms with Crippen molar-refractivity contribution < 1.29 is 13.2 Å². The number of sulfone groups is 1. The molecule has 59 valence electrons. The van der Waals surface area contributed by atoms with E-state index in [1.165, 1.54) is 13.8 Å². The van der Waals surface area contributed by atoms with Gasteiger partial charge < -0.3 is 5.73 Å². The van der Waals surface area contributed by atoms with Gasteiger partial charge in [0.1, 0.15) is 5.25 Å². The van der Waals surface area contributed by atoms with E-state index in [2.05, 4.69) is 0 Å². The molecule has 0 saturated heterocycles. The van der Waals surface area contributed by atoms with Crippen molar-refractivity contribution in [3.63, 3.8) is 0 Å². The van der Waals surface area contributed by atoms with Gasteiger partial charge in [0, 0.05) is 0 Å². The predicted molar refractivity (Wildman–Crippen MR) is 37.6 cm³/mol. The van der Waals surface area contributed by atoms with E-state index in [-0.39, 0.29) is 0 Å². The monoisotopic (exact) mass is 164 g/mol. The van der Waals surface area contributed by atoms with E-state index in [0.29, 0.717) is 0 Å². The Balaban J connectivity index is 4.51. The molecule has 1 radical (unpaired) electrons. The van der Waals surface area contributed by atoms with Gasteiger partial charge >= 0.3 is 0 Å².